The van der Waals surface area contributed by atoms with E-state index in [2.05, 4.69) is 0 Å². The predicted octanol–water partition coefficient (Wildman–Crippen LogP) is 2.38. The monoisotopic (exact) mass is 237 g/mol. The molecule has 4 heteroatoms. The third-order valence-corrected chi connectivity index (χ3v) is 2.49. The summed E-state index contributed by atoms with van der Waals surface area (Å²) in [6.07, 6.45) is 0.436. The van der Waals surface area contributed by atoms with Gasteiger partial charge in [0.05, 0.1) is 6.42 Å². The highest BCUT2D eigenvalue weighted by Crippen LogP contribution is 2.21. The Morgan fingerprint density at radius 1 is 1.47 bits per heavy atom. The summed E-state index contributed by atoms with van der Waals surface area (Å²) in [5.74, 6) is -0.120. The fraction of sp³-hybridized carbons (Fsp3) is 0.462. The molecule has 0 bridgehead atoms. The van der Waals surface area contributed by atoms with Gasteiger partial charge in [-0.1, -0.05) is 13.0 Å². The minimum atomic E-state index is -0.833. The lowest BCUT2D eigenvalue weighted by atomic mass is 10.2. The summed E-state index contributed by atoms with van der Waals surface area (Å²) in [6, 6.07) is 7.63. The second-order valence-electron chi connectivity index (χ2n) is 4.14. The zero-order valence-electron chi connectivity index (χ0n) is 10.5. The highest BCUT2D eigenvalue weighted by Gasteiger charge is 2.13. The standard InChI is InChI=1S/C13H19NO3/c1-4-11(9-13(15)16)17-12-7-5-6-10(8-12)14(2)3/h5-8,11H,4,9H2,1-3H3,(H,15,16). The Kier molecular flexibility index (Phi) is 4.82. The van der Waals surface area contributed by atoms with E-state index in [-0.39, 0.29) is 12.5 Å². The third-order valence-electron chi connectivity index (χ3n) is 2.49. The Bertz CT molecular complexity index is 377. The molecule has 1 rings (SSSR count). The first kappa shape index (κ1) is 13.4. The van der Waals surface area contributed by atoms with E-state index in [1.165, 1.54) is 0 Å². The van der Waals surface area contributed by atoms with Gasteiger partial charge in [0, 0.05) is 25.8 Å². The summed E-state index contributed by atoms with van der Waals surface area (Å²) < 4.78 is 5.66. The first-order valence-electron chi connectivity index (χ1n) is 5.68. The average Bonchev–Trinajstić information content (AvgIpc) is 2.28. The molecule has 0 fully saturated rings. The molecule has 0 radical (unpaired) electrons. The number of nitrogens with zero attached hydrogens (tertiary/aromatic N) is 1. The van der Waals surface area contributed by atoms with Gasteiger partial charge in [-0.25, -0.2) is 0 Å². The van der Waals surface area contributed by atoms with Crippen LogP contribution in [0.3, 0.4) is 0 Å². The topological polar surface area (TPSA) is 49.8 Å². The van der Waals surface area contributed by atoms with Crippen LogP contribution in [0, 0.1) is 0 Å². The maximum Gasteiger partial charge on any atom is 0.307 e. The van der Waals surface area contributed by atoms with Crippen molar-refractivity contribution in [3.8, 4) is 5.75 Å². The van der Waals surface area contributed by atoms with Crippen molar-refractivity contribution in [3.05, 3.63) is 24.3 Å². The molecule has 1 aromatic rings. The molecule has 1 atom stereocenters. The number of benzene rings is 1. The minimum Gasteiger partial charge on any atom is -0.490 e. The van der Waals surface area contributed by atoms with E-state index in [9.17, 15) is 4.79 Å². The molecule has 0 saturated heterocycles. The number of anilines is 1. The van der Waals surface area contributed by atoms with Crippen molar-refractivity contribution in [2.24, 2.45) is 0 Å². The molecule has 0 aromatic heterocycles. The van der Waals surface area contributed by atoms with E-state index >= 15 is 0 Å². The second kappa shape index (κ2) is 6.13. The summed E-state index contributed by atoms with van der Waals surface area (Å²) in [5, 5.41) is 8.75. The second-order valence-corrected chi connectivity index (χ2v) is 4.14. The summed E-state index contributed by atoms with van der Waals surface area (Å²) >= 11 is 0. The first-order chi connectivity index (χ1) is 8.02. The molecule has 0 saturated carbocycles. The van der Waals surface area contributed by atoms with Gasteiger partial charge in [0.15, 0.2) is 0 Å². The van der Waals surface area contributed by atoms with Crippen molar-refractivity contribution < 1.29 is 14.6 Å². The lowest BCUT2D eigenvalue weighted by Crippen LogP contribution is -2.19. The van der Waals surface area contributed by atoms with Gasteiger partial charge in [0.2, 0.25) is 0 Å². The molecule has 0 aliphatic rings. The number of carbonyl (C=O) groups is 1. The van der Waals surface area contributed by atoms with Crippen molar-refractivity contribution in [1.29, 1.82) is 0 Å². The number of rotatable bonds is 6. The zero-order valence-corrected chi connectivity index (χ0v) is 10.5. The number of hydrogen-bond acceptors (Lipinski definition) is 3. The SMILES string of the molecule is CCC(CC(=O)O)Oc1cccc(N(C)C)c1. The molecular formula is C13H19NO3. The van der Waals surface area contributed by atoms with Crippen molar-refractivity contribution in [2.75, 3.05) is 19.0 Å². The van der Waals surface area contributed by atoms with Crippen LogP contribution in [-0.2, 0) is 4.79 Å². The number of ether oxygens (including phenoxy) is 1. The summed E-state index contributed by atoms with van der Waals surface area (Å²) in [5.41, 5.74) is 1.03. The van der Waals surface area contributed by atoms with Crippen LogP contribution in [0.1, 0.15) is 19.8 Å². The molecule has 0 aliphatic heterocycles. The van der Waals surface area contributed by atoms with Crippen LogP contribution in [-0.4, -0.2) is 31.3 Å². The van der Waals surface area contributed by atoms with E-state index in [1.807, 2.05) is 50.2 Å². The van der Waals surface area contributed by atoms with Crippen LogP contribution in [0.15, 0.2) is 24.3 Å². The predicted molar refractivity (Wildman–Crippen MR) is 67.7 cm³/mol. The zero-order chi connectivity index (χ0) is 12.8. The average molecular weight is 237 g/mol. The first-order valence-corrected chi connectivity index (χ1v) is 5.68. The quantitative estimate of drug-likeness (QED) is 0.825. The van der Waals surface area contributed by atoms with Gasteiger partial charge in [0.25, 0.3) is 0 Å². The van der Waals surface area contributed by atoms with Gasteiger partial charge in [-0.05, 0) is 18.6 Å². The molecule has 0 heterocycles. The highest BCUT2D eigenvalue weighted by molar-refractivity contribution is 5.67. The van der Waals surface area contributed by atoms with Gasteiger partial charge >= 0.3 is 5.97 Å². The fourth-order valence-corrected chi connectivity index (χ4v) is 1.49. The number of aliphatic carboxylic acids is 1. The number of hydrogen-bond donors (Lipinski definition) is 1. The van der Waals surface area contributed by atoms with Crippen LogP contribution >= 0.6 is 0 Å². The highest BCUT2D eigenvalue weighted by atomic mass is 16.5. The van der Waals surface area contributed by atoms with Gasteiger partial charge in [0.1, 0.15) is 11.9 Å². The van der Waals surface area contributed by atoms with E-state index in [0.29, 0.717) is 12.2 Å². The molecule has 0 amide bonds. The lowest BCUT2D eigenvalue weighted by molar-refractivity contribution is -0.138. The van der Waals surface area contributed by atoms with Gasteiger partial charge < -0.3 is 14.7 Å². The molecule has 0 aliphatic carbocycles. The molecule has 1 N–H and O–H groups in total. The molecule has 0 spiro atoms. The van der Waals surface area contributed by atoms with Crippen molar-refractivity contribution in [1.82, 2.24) is 0 Å². The van der Waals surface area contributed by atoms with E-state index in [0.717, 1.165) is 5.69 Å². The van der Waals surface area contributed by atoms with Crippen LogP contribution in [0.5, 0.6) is 5.75 Å². The van der Waals surface area contributed by atoms with Crippen LogP contribution in [0.4, 0.5) is 5.69 Å². The molecular weight excluding hydrogens is 218 g/mol. The van der Waals surface area contributed by atoms with Gasteiger partial charge in [-0.3, -0.25) is 4.79 Å². The Hall–Kier alpha value is -1.71. The van der Waals surface area contributed by atoms with Crippen molar-refractivity contribution in [2.45, 2.75) is 25.9 Å². The van der Waals surface area contributed by atoms with Crippen molar-refractivity contribution in [3.63, 3.8) is 0 Å². The number of carboxylic acids is 1. The Balaban J connectivity index is 2.72. The molecule has 1 aromatic carbocycles. The van der Waals surface area contributed by atoms with Crippen LogP contribution in [0.25, 0.3) is 0 Å². The molecule has 94 valence electrons. The fourth-order valence-electron chi connectivity index (χ4n) is 1.49. The van der Waals surface area contributed by atoms with E-state index in [1.54, 1.807) is 0 Å². The van der Waals surface area contributed by atoms with E-state index < -0.39 is 5.97 Å². The number of carboxylic acid groups (broad SMARTS) is 1. The van der Waals surface area contributed by atoms with Crippen LogP contribution in [0.2, 0.25) is 0 Å². The van der Waals surface area contributed by atoms with Crippen molar-refractivity contribution >= 4 is 11.7 Å². The smallest absolute Gasteiger partial charge is 0.307 e. The normalized spacial score (nSPS) is 11.9. The largest absolute Gasteiger partial charge is 0.490 e. The minimum absolute atomic E-state index is 0.0304. The summed E-state index contributed by atoms with van der Waals surface area (Å²) in [6.45, 7) is 1.92. The Morgan fingerprint density at radius 2 is 2.18 bits per heavy atom. The Labute approximate surface area is 102 Å². The Morgan fingerprint density at radius 3 is 2.71 bits per heavy atom. The summed E-state index contributed by atoms with van der Waals surface area (Å²) in [7, 11) is 3.90. The summed E-state index contributed by atoms with van der Waals surface area (Å²) in [4.78, 5) is 12.6. The third kappa shape index (κ3) is 4.34. The lowest BCUT2D eigenvalue weighted by Gasteiger charge is -2.18. The van der Waals surface area contributed by atoms with E-state index in [4.69, 9.17) is 9.84 Å². The maximum absolute atomic E-state index is 10.6. The maximum atomic E-state index is 10.6. The molecule has 1 unspecified atom stereocenters. The van der Waals surface area contributed by atoms with Gasteiger partial charge in [-0.15, -0.1) is 0 Å². The van der Waals surface area contributed by atoms with Crippen LogP contribution < -0.4 is 9.64 Å². The molecule has 17 heavy (non-hydrogen) atoms. The molecule has 4 nitrogen and oxygen atoms in total. The van der Waals surface area contributed by atoms with Gasteiger partial charge in [-0.2, -0.15) is 0 Å².